The van der Waals surface area contributed by atoms with Crippen LogP contribution in [0.15, 0.2) is 78.9 Å². The Morgan fingerprint density at radius 1 is 0.938 bits per heavy atom. The molecule has 0 saturated heterocycles. The highest BCUT2D eigenvalue weighted by molar-refractivity contribution is 5.78. The molecule has 3 rings (SSSR count). The Hall–Kier alpha value is -3.17. The number of Topliss-reactive ketones (excluding diaryl/α,β-unsaturated/α-hetero) is 1. The standard InChI is InChI=1S/C29H32O3/c1-20(16-17-32-29-14-8-24(9-15-29)18-21(2)22(3)30)25-10-12-26(13-11-25)28-7-5-6-27(19-28)23(4)31/h5-16,19,21,23,31H,17-18H2,1-4H3/b20-16+. The van der Waals surface area contributed by atoms with Crippen molar-refractivity contribution in [3.8, 4) is 16.9 Å². The van der Waals surface area contributed by atoms with E-state index in [1.54, 1.807) is 13.8 Å². The second-order valence-electron chi connectivity index (χ2n) is 8.44. The lowest BCUT2D eigenvalue weighted by Gasteiger charge is -2.10. The van der Waals surface area contributed by atoms with Gasteiger partial charge in [-0.3, -0.25) is 4.79 Å². The molecule has 3 heteroatoms. The first kappa shape index (κ1) is 23.5. The lowest BCUT2D eigenvalue weighted by Crippen LogP contribution is -2.09. The highest BCUT2D eigenvalue weighted by Gasteiger charge is 2.08. The smallest absolute Gasteiger partial charge is 0.132 e. The van der Waals surface area contributed by atoms with Gasteiger partial charge in [0.15, 0.2) is 0 Å². The van der Waals surface area contributed by atoms with Crippen LogP contribution in [-0.4, -0.2) is 17.5 Å². The van der Waals surface area contributed by atoms with Gasteiger partial charge in [0.2, 0.25) is 0 Å². The molecule has 1 N–H and O–H groups in total. The molecule has 3 nitrogen and oxygen atoms in total. The lowest BCUT2D eigenvalue weighted by atomic mass is 9.98. The molecule has 0 aliphatic carbocycles. The highest BCUT2D eigenvalue weighted by atomic mass is 16.5. The third-order valence-corrected chi connectivity index (χ3v) is 5.84. The normalized spacial score (nSPS) is 13.5. The summed E-state index contributed by atoms with van der Waals surface area (Å²) in [5.74, 6) is 1.08. The van der Waals surface area contributed by atoms with E-state index in [2.05, 4.69) is 43.3 Å². The number of benzene rings is 3. The molecule has 0 heterocycles. The van der Waals surface area contributed by atoms with Gasteiger partial charge in [0, 0.05) is 5.92 Å². The molecule has 0 aliphatic heterocycles. The number of hydrogen-bond donors (Lipinski definition) is 1. The van der Waals surface area contributed by atoms with Gasteiger partial charge in [-0.25, -0.2) is 0 Å². The summed E-state index contributed by atoms with van der Waals surface area (Å²) in [5, 5.41) is 9.81. The van der Waals surface area contributed by atoms with Crippen LogP contribution < -0.4 is 4.74 Å². The maximum Gasteiger partial charge on any atom is 0.132 e. The van der Waals surface area contributed by atoms with Gasteiger partial charge in [-0.2, -0.15) is 0 Å². The number of hydrogen-bond acceptors (Lipinski definition) is 3. The van der Waals surface area contributed by atoms with Crippen LogP contribution in [0.25, 0.3) is 16.7 Å². The monoisotopic (exact) mass is 428 g/mol. The number of ether oxygens (including phenoxy) is 1. The van der Waals surface area contributed by atoms with Gasteiger partial charge >= 0.3 is 0 Å². The minimum absolute atomic E-state index is 0.0425. The molecule has 0 aromatic heterocycles. The molecule has 0 saturated carbocycles. The first-order valence-corrected chi connectivity index (χ1v) is 11.1. The van der Waals surface area contributed by atoms with Crippen LogP contribution >= 0.6 is 0 Å². The molecule has 3 aromatic rings. The van der Waals surface area contributed by atoms with E-state index in [-0.39, 0.29) is 11.7 Å². The summed E-state index contributed by atoms with van der Waals surface area (Å²) in [4.78, 5) is 11.4. The Morgan fingerprint density at radius 3 is 2.25 bits per heavy atom. The molecule has 3 aromatic carbocycles. The zero-order valence-corrected chi connectivity index (χ0v) is 19.3. The minimum Gasteiger partial charge on any atom is -0.490 e. The fourth-order valence-corrected chi connectivity index (χ4v) is 3.50. The number of allylic oxidation sites excluding steroid dienone is 1. The lowest BCUT2D eigenvalue weighted by molar-refractivity contribution is -0.120. The van der Waals surface area contributed by atoms with Gasteiger partial charge in [0.1, 0.15) is 18.1 Å². The number of ketones is 1. The average Bonchev–Trinajstić information content (AvgIpc) is 2.80. The van der Waals surface area contributed by atoms with Gasteiger partial charge in [0.25, 0.3) is 0 Å². The maximum atomic E-state index is 11.4. The molecule has 0 spiro atoms. The summed E-state index contributed by atoms with van der Waals surface area (Å²) in [6, 6.07) is 24.4. The molecule has 0 bridgehead atoms. The van der Waals surface area contributed by atoms with E-state index in [0.717, 1.165) is 45.6 Å². The number of carbonyl (C=O) groups excluding carboxylic acids is 1. The molecule has 2 unspecified atom stereocenters. The topological polar surface area (TPSA) is 46.5 Å². The van der Waals surface area contributed by atoms with Gasteiger partial charge < -0.3 is 9.84 Å². The first-order chi connectivity index (χ1) is 15.3. The van der Waals surface area contributed by atoms with Gasteiger partial charge in [-0.1, -0.05) is 61.5 Å². The Labute approximate surface area is 191 Å². The van der Waals surface area contributed by atoms with Crippen molar-refractivity contribution in [3.05, 3.63) is 95.6 Å². The summed E-state index contributed by atoms with van der Waals surface area (Å²) in [6.07, 6.45) is 2.36. The SMILES string of the molecule is CC(=O)C(C)Cc1ccc(OC/C=C(\C)c2ccc(-c3cccc(C(C)O)c3)cc2)cc1. The van der Waals surface area contributed by atoms with E-state index >= 15 is 0 Å². The second-order valence-corrected chi connectivity index (χ2v) is 8.44. The van der Waals surface area contributed by atoms with Crippen molar-refractivity contribution in [2.45, 2.75) is 40.2 Å². The molecular weight excluding hydrogens is 396 g/mol. The Kier molecular flexibility index (Phi) is 8.02. The predicted octanol–water partition coefficient (Wildman–Crippen LogP) is 6.66. The number of aliphatic hydroxyl groups excluding tert-OH is 1. The minimum atomic E-state index is -0.472. The molecule has 2 atom stereocenters. The largest absolute Gasteiger partial charge is 0.490 e. The molecule has 0 radical (unpaired) electrons. The van der Waals surface area contributed by atoms with Gasteiger partial charge in [-0.15, -0.1) is 0 Å². The van der Waals surface area contributed by atoms with E-state index < -0.39 is 6.10 Å². The Balaban J connectivity index is 1.58. The molecule has 166 valence electrons. The highest BCUT2D eigenvalue weighted by Crippen LogP contribution is 2.25. The Morgan fingerprint density at radius 2 is 1.62 bits per heavy atom. The van der Waals surface area contributed by atoms with Crippen molar-refractivity contribution in [3.63, 3.8) is 0 Å². The Bertz CT molecular complexity index is 1060. The zero-order valence-electron chi connectivity index (χ0n) is 19.3. The summed E-state index contributed by atoms with van der Waals surface area (Å²) < 4.78 is 5.87. The van der Waals surface area contributed by atoms with Gasteiger partial charge in [-0.05, 0) is 84.9 Å². The van der Waals surface area contributed by atoms with E-state index in [9.17, 15) is 9.90 Å². The summed E-state index contributed by atoms with van der Waals surface area (Å²) in [7, 11) is 0. The molecule has 0 aliphatic rings. The molecule has 0 amide bonds. The van der Waals surface area contributed by atoms with Crippen molar-refractivity contribution < 1.29 is 14.6 Å². The van der Waals surface area contributed by atoms with Crippen LogP contribution in [-0.2, 0) is 11.2 Å². The van der Waals surface area contributed by atoms with E-state index in [1.807, 2.05) is 49.4 Å². The van der Waals surface area contributed by atoms with E-state index in [0.29, 0.717) is 6.61 Å². The number of rotatable bonds is 9. The zero-order chi connectivity index (χ0) is 23.1. The fraction of sp³-hybridized carbons (Fsp3) is 0.276. The van der Waals surface area contributed by atoms with E-state index in [1.165, 1.54) is 0 Å². The quantitative estimate of drug-likeness (QED) is 0.415. The van der Waals surface area contributed by atoms with Crippen molar-refractivity contribution >= 4 is 11.4 Å². The van der Waals surface area contributed by atoms with Crippen molar-refractivity contribution in [2.24, 2.45) is 5.92 Å². The van der Waals surface area contributed by atoms with Crippen LogP contribution in [0.3, 0.4) is 0 Å². The van der Waals surface area contributed by atoms with Crippen LogP contribution in [0, 0.1) is 5.92 Å². The summed E-state index contributed by atoms with van der Waals surface area (Å²) in [6.45, 7) is 7.95. The van der Waals surface area contributed by atoms with Crippen LogP contribution in [0.5, 0.6) is 5.75 Å². The maximum absolute atomic E-state index is 11.4. The van der Waals surface area contributed by atoms with Crippen LogP contribution in [0.1, 0.15) is 50.5 Å². The number of carbonyl (C=O) groups is 1. The molecule has 32 heavy (non-hydrogen) atoms. The van der Waals surface area contributed by atoms with Crippen molar-refractivity contribution in [2.75, 3.05) is 6.61 Å². The summed E-state index contributed by atoms with van der Waals surface area (Å²) >= 11 is 0. The van der Waals surface area contributed by atoms with Crippen molar-refractivity contribution in [1.29, 1.82) is 0 Å². The van der Waals surface area contributed by atoms with E-state index in [4.69, 9.17) is 4.74 Å². The molecular formula is C29H32O3. The van der Waals surface area contributed by atoms with Crippen LogP contribution in [0.4, 0.5) is 0 Å². The van der Waals surface area contributed by atoms with Gasteiger partial charge in [0.05, 0.1) is 6.10 Å². The fourth-order valence-electron chi connectivity index (χ4n) is 3.50. The third-order valence-electron chi connectivity index (χ3n) is 5.84. The molecule has 0 fully saturated rings. The first-order valence-electron chi connectivity index (χ1n) is 11.1. The number of aliphatic hydroxyl groups is 1. The van der Waals surface area contributed by atoms with Crippen molar-refractivity contribution in [1.82, 2.24) is 0 Å². The summed E-state index contributed by atoms with van der Waals surface area (Å²) in [5.41, 5.74) is 6.59. The second kappa shape index (κ2) is 10.9. The third kappa shape index (κ3) is 6.41. The average molecular weight is 429 g/mol. The van der Waals surface area contributed by atoms with Crippen LogP contribution in [0.2, 0.25) is 0 Å². The predicted molar refractivity (Wildman–Crippen MR) is 132 cm³/mol.